The number of hydrogen-bond acceptors (Lipinski definition) is 2. The third-order valence-electron chi connectivity index (χ3n) is 2.77. The maximum Gasteiger partial charge on any atom is 0.324 e. The van der Waals surface area contributed by atoms with Gasteiger partial charge in [0.05, 0.1) is 0 Å². The fourth-order valence-electron chi connectivity index (χ4n) is 1.77. The van der Waals surface area contributed by atoms with Gasteiger partial charge in [-0.1, -0.05) is 0 Å². The highest BCUT2D eigenvalue weighted by Crippen LogP contribution is 2.26. The number of nitrogens with zero attached hydrogens (tertiary/aromatic N) is 1. The van der Waals surface area contributed by atoms with Crippen LogP contribution in [0.4, 0.5) is 4.79 Å². The fourth-order valence-corrected chi connectivity index (χ4v) is 1.77. The SMILES string of the molecule is O=C1CCCNC(=O)N1C1CCC1. The Morgan fingerprint density at radius 3 is 2.62 bits per heavy atom. The minimum Gasteiger partial charge on any atom is -0.338 e. The summed E-state index contributed by atoms with van der Waals surface area (Å²) < 4.78 is 0. The van der Waals surface area contributed by atoms with E-state index in [4.69, 9.17) is 0 Å². The molecule has 2 fully saturated rings. The lowest BCUT2D eigenvalue weighted by Gasteiger charge is -2.34. The molecule has 1 heterocycles. The van der Waals surface area contributed by atoms with Crippen molar-refractivity contribution in [2.45, 2.75) is 38.1 Å². The molecular weight excluding hydrogens is 168 g/mol. The highest BCUT2D eigenvalue weighted by Gasteiger charge is 2.34. The van der Waals surface area contributed by atoms with Gasteiger partial charge in [0.25, 0.3) is 0 Å². The van der Waals surface area contributed by atoms with Crippen LogP contribution in [-0.4, -0.2) is 29.4 Å². The van der Waals surface area contributed by atoms with Crippen molar-refractivity contribution in [2.75, 3.05) is 6.54 Å². The second-order valence-corrected chi connectivity index (χ2v) is 3.68. The minimum atomic E-state index is -0.188. The van der Waals surface area contributed by atoms with Crippen molar-refractivity contribution in [1.29, 1.82) is 0 Å². The van der Waals surface area contributed by atoms with Crippen molar-refractivity contribution >= 4 is 11.9 Å². The zero-order valence-electron chi connectivity index (χ0n) is 7.58. The minimum absolute atomic E-state index is 0.000278. The topological polar surface area (TPSA) is 49.4 Å². The molecule has 0 atom stereocenters. The molecule has 1 saturated heterocycles. The summed E-state index contributed by atoms with van der Waals surface area (Å²) in [6, 6.07) is -0.00204. The first kappa shape index (κ1) is 8.53. The Morgan fingerprint density at radius 1 is 1.23 bits per heavy atom. The normalized spacial score (nSPS) is 25.1. The summed E-state index contributed by atoms with van der Waals surface area (Å²) in [4.78, 5) is 24.4. The number of amides is 3. The van der Waals surface area contributed by atoms with Crippen molar-refractivity contribution in [3.63, 3.8) is 0 Å². The molecule has 72 valence electrons. The van der Waals surface area contributed by atoms with Crippen LogP contribution in [0, 0.1) is 0 Å². The zero-order chi connectivity index (χ0) is 9.26. The molecule has 0 spiro atoms. The van der Waals surface area contributed by atoms with Crippen LogP contribution in [0.25, 0.3) is 0 Å². The van der Waals surface area contributed by atoms with E-state index < -0.39 is 0 Å². The molecule has 2 aliphatic rings. The average molecular weight is 182 g/mol. The fraction of sp³-hybridized carbons (Fsp3) is 0.778. The molecule has 0 bridgehead atoms. The summed E-state index contributed by atoms with van der Waals surface area (Å²) in [6.45, 7) is 0.633. The molecule has 1 aliphatic carbocycles. The summed E-state index contributed by atoms with van der Waals surface area (Å²) in [5, 5.41) is 2.74. The smallest absolute Gasteiger partial charge is 0.324 e. The molecule has 0 aromatic rings. The summed E-state index contributed by atoms with van der Waals surface area (Å²) in [7, 11) is 0. The number of nitrogens with one attached hydrogen (secondary N) is 1. The van der Waals surface area contributed by atoms with E-state index in [0.717, 1.165) is 25.7 Å². The van der Waals surface area contributed by atoms with Gasteiger partial charge in [-0.15, -0.1) is 0 Å². The largest absolute Gasteiger partial charge is 0.338 e. The number of hydrogen-bond donors (Lipinski definition) is 1. The van der Waals surface area contributed by atoms with Crippen LogP contribution < -0.4 is 5.32 Å². The Kier molecular flexibility index (Phi) is 2.20. The molecule has 1 saturated carbocycles. The van der Waals surface area contributed by atoms with Gasteiger partial charge in [0.2, 0.25) is 5.91 Å². The van der Waals surface area contributed by atoms with E-state index >= 15 is 0 Å². The van der Waals surface area contributed by atoms with Crippen molar-refractivity contribution in [1.82, 2.24) is 10.2 Å². The Bertz CT molecular complexity index is 218. The van der Waals surface area contributed by atoms with E-state index in [2.05, 4.69) is 5.32 Å². The third kappa shape index (κ3) is 1.53. The predicted molar refractivity (Wildman–Crippen MR) is 47.1 cm³/mol. The molecule has 2 rings (SSSR count). The maximum atomic E-state index is 11.5. The lowest BCUT2D eigenvalue weighted by Crippen LogP contribution is -2.50. The third-order valence-corrected chi connectivity index (χ3v) is 2.77. The average Bonchev–Trinajstić information content (AvgIpc) is 2.15. The molecule has 3 amide bonds. The molecule has 1 N–H and O–H groups in total. The van der Waals surface area contributed by atoms with Crippen molar-refractivity contribution in [2.24, 2.45) is 0 Å². The molecule has 0 radical (unpaired) electrons. The maximum absolute atomic E-state index is 11.5. The number of urea groups is 1. The standard InChI is InChI=1S/C9H14N2O2/c12-8-5-2-6-10-9(13)11(8)7-3-1-4-7/h7H,1-6H2,(H,10,13). The van der Waals surface area contributed by atoms with E-state index in [-0.39, 0.29) is 18.0 Å². The van der Waals surface area contributed by atoms with Gasteiger partial charge < -0.3 is 5.32 Å². The van der Waals surface area contributed by atoms with Gasteiger partial charge >= 0.3 is 6.03 Å². The van der Waals surface area contributed by atoms with E-state index in [0.29, 0.717) is 13.0 Å². The van der Waals surface area contributed by atoms with Gasteiger partial charge in [-0.2, -0.15) is 0 Å². The zero-order valence-corrected chi connectivity index (χ0v) is 7.58. The molecular formula is C9H14N2O2. The number of carbonyl (C=O) groups excluding carboxylic acids is 2. The number of imide groups is 1. The van der Waals surface area contributed by atoms with Crippen LogP contribution in [0.5, 0.6) is 0 Å². The Labute approximate surface area is 77.3 Å². The van der Waals surface area contributed by atoms with Crippen molar-refractivity contribution < 1.29 is 9.59 Å². The van der Waals surface area contributed by atoms with Gasteiger partial charge in [-0.05, 0) is 25.7 Å². The van der Waals surface area contributed by atoms with E-state index in [1.807, 2.05) is 0 Å². The highest BCUT2D eigenvalue weighted by molar-refractivity contribution is 5.95. The van der Waals surface area contributed by atoms with Gasteiger partial charge in [-0.25, -0.2) is 4.79 Å². The first-order valence-electron chi connectivity index (χ1n) is 4.89. The lowest BCUT2D eigenvalue weighted by molar-refractivity contribution is -0.130. The molecule has 0 aromatic carbocycles. The molecule has 0 aromatic heterocycles. The van der Waals surface area contributed by atoms with Gasteiger partial charge in [0.15, 0.2) is 0 Å². The number of rotatable bonds is 1. The van der Waals surface area contributed by atoms with Crippen LogP contribution in [0.1, 0.15) is 32.1 Å². The second-order valence-electron chi connectivity index (χ2n) is 3.68. The molecule has 4 nitrogen and oxygen atoms in total. The van der Waals surface area contributed by atoms with Crippen LogP contribution in [-0.2, 0) is 4.79 Å². The van der Waals surface area contributed by atoms with Gasteiger partial charge in [0, 0.05) is 19.0 Å². The molecule has 13 heavy (non-hydrogen) atoms. The monoisotopic (exact) mass is 182 g/mol. The van der Waals surface area contributed by atoms with Gasteiger partial charge in [0.1, 0.15) is 0 Å². The van der Waals surface area contributed by atoms with E-state index in [9.17, 15) is 9.59 Å². The van der Waals surface area contributed by atoms with E-state index in [1.165, 1.54) is 4.90 Å². The Balaban J connectivity index is 2.09. The summed E-state index contributed by atoms with van der Waals surface area (Å²) in [6.07, 6.45) is 4.39. The second kappa shape index (κ2) is 3.36. The summed E-state index contributed by atoms with van der Waals surface area (Å²) in [5.74, 6) is -0.000278. The number of carbonyl (C=O) groups is 2. The van der Waals surface area contributed by atoms with Gasteiger partial charge in [-0.3, -0.25) is 9.69 Å². The van der Waals surface area contributed by atoms with Crippen LogP contribution >= 0.6 is 0 Å². The lowest BCUT2D eigenvalue weighted by atomic mass is 9.91. The molecule has 1 aliphatic heterocycles. The first-order chi connectivity index (χ1) is 6.29. The molecule has 4 heteroatoms. The van der Waals surface area contributed by atoms with E-state index in [1.54, 1.807) is 0 Å². The van der Waals surface area contributed by atoms with Crippen molar-refractivity contribution in [3.8, 4) is 0 Å². The quantitative estimate of drug-likeness (QED) is 0.654. The summed E-state index contributed by atoms with van der Waals surface area (Å²) >= 11 is 0. The van der Waals surface area contributed by atoms with Crippen LogP contribution in [0.2, 0.25) is 0 Å². The van der Waals surface area contributed by atoms with Crippen LogP contribution in [0.15, 0.2) is 0 Å². The highest BCUT2D eigenvalue weighted by atomic mass is 16.2. The first-order valence-corrected chi connectivity index (χ1v) is 4.89. The van der Waals surface area contributed by atoms with Crippen molar-refractivity contribution in [3.05, 3.63) is 0 Å². The predicted octanol–water partition coefficient (Wildman–Crippen LogP) is 0.871. The Hall–Kier alpha value is -1.06. The molecule has 0 unspecified atom stereocenters. The van der Waals surface area contributed by atoms with Crippen LogP contribution in [0.3, 0.4) is 0 Å². The Morgan fingerprint density at radius 2 is 2.00 bits per heavy atom. The summed E-state index contributed by atoms with van der Waals surface area (Å²) in [5.41, 5.74) is 0.